The summed E-state index contributed by atoms with van der Waals surface area (Å²) >= 11 is 0. The van der Waals surface area contributed by atoms with E-state index < -0.39 is 53.5 Å². The number of amides is 5. The van der Waals surface area contributed by atoms with Crippen LogP contribution in [0.25, 0.3) is 0 Å². The summed E-state index contributed by atoms with van der Waals surface area (Å²) in [4.78, 5) is 72.9. The number of rotatable bonds is 4. The average Bonchev–Trinajstić information content (AvgIpc) is 3.55. The van der Waals surface area contributed by atoms with Crippen molar-refractivity contribution in [1.82, 2.24) is 35.7 Å². The number of fused-ring (bicyclic) bond motifs is 15. The van der Waals surface area contributed by atoms with E-state index in [9.17, 15) is 29.1 Å². The van der Waals surface area contributed by atoms with Crippen molar-refractivity contribution >= 4 is 29.5 Å². The molecule has 1 unspecified atom stereocenters. The molecule has 0 aliphatic carbocycles. The van der Waals surface area contributed by atoms with E-state index in [1.165, 1.54) is 20.2 Å². The summed E-state index contributed by atoms with van der Waals surface area (Å²) in [7, 11) is 1.76. The van der Waals surface area contributed by atoms with Crippen LogP contribution < -0.4 is 30.7 Å². The van der Waals surface area contributed by atoms with Crippen molar-refractivity contribution in [3.05, 3.63) is 78.4 Å². The van der Waals surface area contributed by atoms with Gasteiger partial charge in [-0.3, -0.25) is 24.0 Å². The molecular formula is C35H43N7O8. The maximum absolute atomic E-state index is 14.1. The molecule has 266 valence electrons. The topological polar surface area (TPSA) is 193 Å². The van der Waals surface area contributed by atoms with Crippen molar-refractivity contribution in [2.75, 3.05) is 26.2 Å². The number of aliphatic hydroxyl groups is 1. The minimum Gasteiger partial charge on any atom is -0.492 e. The van der Waals surface area contributed by atoms with Crippen molar-refractivity contribution in [2.24, 2.45) is 7.05 Å². The zero-order valence-corrected chi connectivity index (χ0v) is 28.3. The Bertz CT molecular complexity index is 1670. The Morgan fingerprint density at radius 2 is 1.64 bits per heavy atom. The van der Waals surface area contributed by atoms with Crippen LogP contribution >= 0.6 is 0 Å². The molecule has 50 heavy (non-hydrogen) atoms. The zero-order valence-electron chi connectivity index (χ0n) is 28.3. The molecule has 0 radical (unpaired) electrons. The Balaban J connectivity index is 1.39. The number of aliphatic hydroxyl groups excluding tert-OH is 1. The molecule has 1 saturated heterocycles. The number of benzene rings is 2. The molecule has 15 nitrogen and oxygen atoms in total. The number of likely N-dealkylation sites (tertiary alicyclic amines) is 1. The van der Waals surface area contributed by atoms with Gasteiger partial charge in [-0.05, 0) is 43.7 Å². The number of nitrogens with one attached hydrogen (secondary N) is 4. The largest absolute Gasteiger partial charge is 0.492 e. The van der Waals surface area contributed by atoms with Gasteiger partial charge in [-0.2, -0.15) is 0 Å². The second-order valence-electron chi connectivity index (χ2n) is 12.6. The molecule has 3 aromatic rings. The fourth-order valence-electron chi connectivity index (χ4n) is 5.83. The summed E-state index contributed by atoms with van der Waals surface area (Å²) in [6.07, 6.45) is 2.13. The molecule has 3 aliphatic heterocycles. The van der Waals surface area contributed by atoms with Gasteiger partial charge >= 0.3 is 0 Å². The Kier molecular flexibility index (Phi) is 11.4. The van der Waals surface area contributed by atoms with Gasteiger partial charge in [0.05, 0.1) is 19.0 Å². The molecule has 1 aromatic heterocycles. The lowest BCUT2D eigenvalue weighted by Gasteiger charge is -2.41. The van der Waals surface area contributed by atoms with Crippen LogP contribution in [0.15, 0.2) is 67.1 Å². The molecule has 15 heteroatoms. The van der Waals surface area contributed by atoms with E-state index in [1.54, 1.807) is 47.0 Å². The molecule has 5 N–H and O–H groups in total. The van der Waals surface area contributed by atoms with Crippen LogP contribution in [0, 0.1) is 0 Å². The predicted molar refractivity (Wildman–Crippen MR) is 180 cm³/mol. The van der Waals surface area contributed by atoms with Gasteiger partial charge in [0.15, 0.2) is 5.60 Å². The van der Waals surface area contributed by atoms with Gasteiger partial charge in [0.2, 0.25) is 17.7 Å². The SMILES string of the molecule is C[C@@H]1NC(=O)C([C@@H](C)O)NC(=O)C2(CCN(C(=O)c3cn(C)cn3)CC2)Oc2ccc(cc2)OCCNC(=O)[C@H](Cc2ccccc2)NC1=O. The normalized spacial score (nSPS) is 22.6. The number of aromatic nitrogens is 2. The fraction of sp³-hybridized carbons (Fsp3) is 0.429. The Hall–Kier alpha value is -5.44. The fourth-order valence-corrected chi connectivity index (χ4v) is 5.83. The third-order valence-corrected chi connectivity index (χ3v) is 8.72. The highest BCUT2D eigenvalue weighted by Gasteiger charge is 2.47. The number of aryl methyl sites for hydroxylation is 1. The molecule has 5 amide bonds. The summed E-state index contributed by atoms with van der Waals surface area (Å²) in [6, 6.07) is 12.2. The van der Waals surface area contributed by atoms with Crippen molar-refractivity contribution < 1.29 is 38.6 Å². The quantitative estimate of drug-likeness (QED) is 0.236. The lowest BCUT2D eigenvalue weighted by molar-refractivity contribution is -0.145. The van der Waals surface area contributed by atoms with Crippen LogP contribution in [0.3, 0.4) is 0 Å². The molecule has 4 atom stereocenters. The molecule has 0 saturated carbocycles. The summed E-state index contributed by atoms with van der Waals surface area (Å²) in [5.41, 5.74) is -0.430. The van der Waals surface area contributed by atoms with E-state index in [0.29, 0.717) is 11.5 Å². The summed E-state index contributed by atoms with van der Waals surface area (Å²) < 4.78 is 13.8. The summed E-state index contributed by atoms with van der Waals surface area (Å²) in [5, 5.41) is 21.3. The van der Waals surface area contributed by atoms with Crippen LogP contribution in [-0.2, 0) is 32.6 Å². The number of ether oxygens (including phenoxy) is 2. The zero-order chi connectivity index (χ0) is 35.8. The Morgan fingerprint density at radius 3 is 2.28 bits per heavy atom. The predicted octanol–water partition coefficient (Wildman–Crippen LogP) is 0.0803. The van der Waals surface area contributed by atoms with Gasteiger partial charge in [-0.25, -0.2) is 4.98 Å². The Morgan fingerprint density at radius 1 is 0.960 bits per heavy atom. The number of nitrogens with zero attached hydrogens (tertiary/aromatic N) is 3. The van der Waals surface area contributed by atoms with Gasteiger partial charge in [-0.15, -0.1) is 0 Å². The maximum Gasteiger partial charge on any atom is 0.274 e. The molecule has 1 fully saturated rings. The molecule has 2 bridgehead atoms. The van der Waals surface area contributed by atoms with Crippen molar-refractivity contribution in [3.63, 3.8) is 0 Å². The van der Waals surface area contributed by atoms with Crippen molar-refractivity contribution in [2.45, 2.75) is 62.9 Å². The van der Waals surface area contributed by atoms with E-state index >= 15 is 0 Å². The summed E-state index contributed by atoms with van der Waals surface area (Å²) in [5.74, 6) is -2.01. The monoisotopic (exact) mass is 689 g/mol. The number of piperidine rings is 1. The standard InChI is InChI=1S/C35H43N7O8/c1-22-30(44)39-27(19-24-7-5-4-6-8-24)31(45)36-15-18-49-25-9-11-26(12-10-25)50-35(34(48)40-29(23(2)43)32(46)38-22)13-16-42(17-14-35)33(47)28-20-41(3)21-37-28/h4-12,20-23,27,29,43H,13-19H2,1-3H3,(H,36,45)(H,38,46)(H,39,44)(H,40,48)/t22-,23+,27-,29?/m0/s1. The number of carbonyl (C=O) groups excluding carboxylic acids is 5. The first kappa shape index (κ1) is 35.9. The lowest BCUT2D eigenvalue weighted by Crippen LogP contribution is -2.63. The van der Waals surface area contributed by atoms with Crippen LogP contribution in [-0.4, -0.2) is 105 Å². The summed E-state index contributed by atoms with van der Waals surface area (Å²) in [6.45, 7) is 3.38. The highest BCUT2D eigenvalue weighted by atomic mass is 16.5. The third kappa shape index (κ3) is 8.77. The van der Waals surface area contributed by atoms with Crippen LogP contribution in [0.4, 0.5) is 0 Å². The van der Waals surface area contributed by atoms with Crippen LogP contribution in [0.2, 0.25) is 0 Å². The number of hydrogen-bond acceptors (Lipinski definition) is 9. The van der Waals surface area contributed by atoms with E-state index in [4.69, 9.17) is 9.47 Å². The molecule has 3 aliphatic rings. The second kappa shape index (κ2) is 15.8. The van der Waals surface area contributed by atoms with Gasteiger partial charge < -0.3 is 45.3 Å². The molecule has 2 aromatic carbocycles. The van der Waals surface area contributed by atoms with E-state index in [0.717, 1.165) is 5.56 Å². The molecule has 4 heterocycles. The lowest BCUT2D eigenvalue weighted by atomic mass is 9.89. The van der Waals surface area contributed by atoms with Gasteiger partial charge in [0.1, 0.15) is 41.9 Å². The minimum atomic E-state index is -1.52. The van der Waals surface area contributed by atoms with Gasteiger partial charge in [-0.1, -0.05) is 30.3 Å². The first-order valence-electron chi connectivity index (χ1n) is 16.5. The molecule has 6 rings (SSSR count). The Labute approximate surface area is 289 Å². The number of imidazole rings is 1. The second-order valence-corrected chi connectivity index (χ2v) is 12.6. The average molecular weight is 690 g/mol. The van der Waals surface area contributed by atoms with Gasteiger partial charge in [0.25, 0.3) is 11.8 Å². The van der Waals surface area contributed by atoms with E-state index in [2.05, 4.69) is 26.3 Å². The first-order chi connectivity index (χ1) is 23.9. The van der Waals surface area contributed by atoms with Crippen LogP contribution in [0.5, 0.6) is 11.5 Å². The first-order valence-corrected chi connectivity index (χ1v) is 16.5. The molecular weight excluding hydrogens is 646 g/mol. The van der Waals surface area contributed by atoms with Crippen LogP contribution in [0.1, 0.15) is 42.7 Å². The highest BCUT2D eigenvalue weighted by Crippen LogP contribution is 2.31. The van der Waals surface area contributed by atoms with Gasteiger partial charge in [0, 0.05) is 45.6 Å². The number of carbonyl (C=O) groups is 5. The maximum atomic E-state index is 14.1. The number of hydrogen-bond donors (Lipinski definition) is 5. The van der Waals surface area contributed by atoms with E-state index in [-0.39, 0.29) is 57.1 Å². The minimum absolute atomic E-state index is 0.0745. The van der Waals surface area contributed by atoms with Crippen molar-refractivity contribution in [3.8, 4) is 11.5 Å². The smallest absolute Gasteiger partial charge is 0.274 e. The highest BCUT2D eigenvalue weighted by molar-refractivity contribution is 5.96. The van der Waals surface area contributed by atoms with E-state index in [1.807, 2.05) is 30.3 Å². The third-order valence-electron chi connectivity index (χ3n) is 8.72. The molecule has 1 spiro atoms. The van der Waals surface area contributed by atoms with Crippen molar-refractivity contribution in [1.29, 1.82) is 0 Å².